The van der Waals surface area contributed by atoms with Gasteiger partial charge in [-0.15, -0.1) is 0 Å². The molecule has 0 heterocycles. The van der Waals surface area contributed by atoms with E-state index in [4.69, 9.17) is 4.74 Å². The molecule has 0 spiro atoms. The third-order valence-corrected chi connectivity index (χ3v) is 5.44. The highest BCUT2D eigenvalue weighted by molar-refractivity contribution is 5.86. The predicted molar refractivity (Wildman–Crippen MR) is 121 cm³/mol. The molecule has 0 N–H and O–H groups in total. The van der Waals surface area contributed by atoms with E-state index in [-0.39, 0.29) is 6.42 Å². The van der Waals surface area contributed by atoms with Gasteiger partial charge in [0.05, 0.1) is 6.42 Å². The molecule has 3 nitrogen and oxygen atoms in total. The van der Waals surface area contributed by atoms with Crippen LogP contribution < -0.4 is 0 Å². The molecule has 0 aromatic heterocycles. The van der Waals surface area contributed by atoms with Gasteiger partial charge in [-0.1, -0.05) is 108 Å². The van der Waals surface area contributed by atoms with Gasteiger partial charge in [-0.3, -0.25) is 9.59 Å². The molecule has 0 amide bonds. The first kappa shape index (κ1) is 26.3. The zero-order valence-electron chi connectivity index (χ0n) is 18.9. The summed E-state index contributed by atoms with van der Waals surface area (Å²) in [4.78, 5) is 23.5. The number of alkyl halides is 1. The number of ether oxygens (including phenoxy) is 1. The number of unbranched alkanes of at least 4 members (excludes halogenated alkanes) is 10. The van der Waals surface area contributed by atoms with E-state index in [1.165, 1.54) is 32.1 Å². The second-order valence-corrected chi connectivity index (χ2v) is 8.32. The fourth-order valence-corrected chi connectivity index (χ4v) is 3.61. The van der Waals surface area contributed by atoms with E-state index in [1.807, 2.05) is 30.3 Å². The number of benzene rings is 1. The number of carbonyl (C=O) groups excluding carboxylic acids is 2. The van der Waals surface area contributed by atoms with E-state index in [0.717, 1.165) is 63.4 Å². The second-order valence-electron chi connectivity index (χ2n) is 8.32. The Morgan fingerprint density at radius 3 is 1.90 bits per heavy atom. The minimum atomic E-state index is -0.610. The smallest absolute Gasteiger partial charge is 0.317 e. The summed E-state index contributed by atoms with van der Waals surface area (Å²) >= 11 is 0. The first-order valence-electron chi connectivity index (χ1n) is 12.0. The van der Waals surface area contributed by atoms with Crippen molar-refractivity contribution in [3.8, 4) is 0 Å². The zero-order valence-corrected chi connectivity index (χ0v) is 18.9. The van der Waals surface area contributed by atoms with Crippen molar-refractivity contribution in [1.29, 1.82) is 0 Å². The lowest BCUT2D eigenvalue weighted by molar-refractivity contribution is -0.159. The van der Waals surface area contributed by atoms with Gasteiger partial charge >= 0.3 is 11.9 Å². The molecule has 0 bridgehead atoms. The van der Waals surface area contributed by atoms with Crippen LogP contribution in [-0.4, -0.2) is 18.1 Å². The van der Waals surface area contributed by atoms with Gasteiger partial charge in [0.2, 0.25) is 0 Å². The highest BCUT2D eigenvalue weighted by Gasteiger charge is 2.11. The Hall–Kier alpha value is -1.71. The van der Waals surface area contributed by atoms with Crippen LogP contribution in [0, 0.1) is 0 Å². The summed E-state index contributed by atoms with van der Waals surface area (Å²) < 4.78 is 18.6. The Morgan fingerprint density at radius 2 is 1.30 bits per heavy atom. The standard InChI is InChI=1S/C26H41FO3/c1-2-3-4-14-19-24(27)20-15-9-7-5-6-8-10-16-21-25(28)30-26(29)22-23-17-12-11-13-18-23/h11-13,17-18,24H,2-10,14-16,19-22H2,1H3. The highest BCUT2D eigenvalue weighted by Crippen LogP contribution is 2.16. The van der Waals surface area contributed by atoms with Crippen LogP contribution in [0.4, 0.5) is 4.39 Å². The van der Waals surface area contributed by atoms with Crippen LogP contribution in [-0.2, 0) is 20.7 Å². The third kappa shape index (κ3) is 15.2. The van der Waals surface area contributed by atoms with Crippen molar-refractivity contribution in [2.24, 2.45) is 0 Å². The topological polar surface area (TPSA) is 43.4 Å². The molecular weight excluding hydrogens is 379 g/mol. The largest absolute Gasteiger partial charge is 0.393 e. The molecule has 170 valence electrons. The van der Waals surface area contributed by atoms with Crippen molar-refractivity contribution in [3.05, 3.63) is 35.9 Å². The Bertz CT molecular complexity index is 559. The maximum atomic E-state index is 13.7. The van der Waals surface area contributed by atoms with Crippen molar-refractivity contribution in [3.63, 3.8) is 0 Å². The third-order valence-electron chi connectivity index (χ3n) is 5.44. The van der Waals surface area contributed by atoms with E-state index in [0.29, 0.717) is 6.42 Å². The fraction of sp³-hybridized carbons (Fsp3) is 0.692. The van der Waals surface area contributed by atoms with Crippen LogP contribution >= 0.6 is 0 Å². The quantitative estimate of drug-likeness (QED) is 0.140. The van der Waals surface area contributed by atoms with Crippen LogP contribution in [0.15, 0.2) is 30.3 Å². The second kappa shape index (κ2) is 18.1. The van der Waals surface area contributed by atoms with Crippen LogP contribution in [0.5, 0.6) is 0 Å². The molecule has 0 aliphatic carbocycles. The van der Waals surface area contributed by atoms with Crippen LogP contribution in [0.25, 0.3) is 0 Å². The minimum Gasteiger partial charge on any atom is -0.393 e. The zero-order chi connectivity index (χ0) is 21.9. The van der Waals surface area contributed by atoms with Gasteiger partial charge in [-0.05, 0) is 24.8 Å². The van der Waals surface area contributed by atoms with Crippen molar-refractivity contribution >= 4 is 11.9 Å². The lowest BCUT2D eigenvalue weighted by Crippen LogP contribution is -2.14. The van der Waals surface area contributed by atoms with E-state index >= 15 is 0 Å². The Labute approximate surface area is 182 Å². The maximum absolute atomic E-state index is 13.7. The fourth-order valence-electron chi connectivity index (χ4n) is 3.61. The van der Waals surface area contributed by atoms with Gasteiger partial charge in [0.1, 0.15) is 6.17 Å². The Balaban J connectivity index is 1.87. The summed E-state index contributed by atoms with van der Waals surface area (Å²) in [6.45, 7) is 2.18. The Morgan fingerprint density at radius 1 is 0.767 bits per heavy atom. The minimum absolute atomic E-state index is 0.134. The molecule has 0 saturated carbocycles. The van der Waals surface area contributed by atoms with Gasteiger partial charge in [0.15, 0.2) is 0 Å². The van der Waals surface area contributed by atoms with Gasteiger partial charge < -0.3 is 4.74 Å². The maximum Gasteiger partial charge on any atom is 0.317 e. The molecule has 0 fully saturated rings. The molecule has 0 aliphatic rings. The summed E-state index contributed by atoms with van der Waals surface area (Å²) in [5, 5.41) is 0. The molecule has 0 radical (unpaired) electrons. The van der Waals surface area contributed by atoms with Crippen LogP contribution in [0.1, 0.15) is 109 Å². The van der Waals surface area contributed by atoms with Gasteiger partial charge in [-0.2, -0.15) is 0 Å². The SMILES string of the molecule is CCCCCCC(F)CCCCCCCCCCC(=O)OC(=O)Cc1ccccc1. The summed E-state index contributed by atoms with van der Waals surface area (Å²) in [5.41, 5.74) is 0.851. The number of halogens is 1. The first-order valence-corrected chi connectivity index (χ1v) is 12.0. The van der Waals surface area contributed by atoms with Gasteiger partial charge in [0.25, 0.3) is 0 Å². The van der Waals surface area contributed by atoms with Crippen molar-refractivity contribution < 1.29 is 18.7 Å². The molecule has 1 atom stereocenters. The van der Waals surface area contributed by atoms with E-state index < -0.39 is 18.1 Å². The molecule has 1 rings (SSSR count). The lowest BCUT2D eigenvalue weighted by atomic mass is 10.0. The van der Waals surface area contributed by atoms with Crippen LogP contribution in [0.2, 0.25) is 0 Å². The number of hydrogen-bond acceptors (Lipinski definition) is 3. The van der Waals surface area contributed by atoms with Crippen LogP contribution in [0.3, 0.4) is 0 Å². The number of hydrogen-bond donors (Lipinski definition) is 0. The van der Waals surface area contributed by atoms with Crippen molar-refractivity contribution in [1.82, 2.24) is 0 Å². The number of esters is 2. The lowest BCUT2D eigenvalue weighted by Gasteiger charge is -2.08. The van der Waals surface area contributed by atoms with E-state index in [1.54, 1.807) is 0 Å². The Kier molecular flexibility index (Phi) is 15.9. The van der Waals surface area contributed by atoms with Gasteiger partial charge in [-0.25, -0.2) is 4.39 Å². The summed E-state index contributed by atoms with van der Waals surface area (Å²) in [6.07, 6.45) is 14.3. The average Bonchev–Trinajstić information content (AvgIpc) is 2.73. The average molecular weight is 421 g/mol. The number of rotatable bonds is 18. The van der Waals surface area contributed by atoms with E-state index in [2.05, 4.69) is 6.92 Å². The molecule has 0 saturated heterocycles. The molecule has 4 heteroatoms. The summed E-state index contributed by atoms with van der Waals surface area (Å²) in [6, 6.07) is 9.29. The summed E-state index contributed by atoms with van der Waals surface area (Å²) in [5.74, 6) is -0.908. The number of carbonyl (C=O) groups is 2. The van der Waals surface area contributed by atoms with Gasteiger partial charge in [0, 0.05) is 6.42 Å². The monoisotopic (exact) mass is 420 g/mol. The van der Waals surface area contributed by atoms with Crippen molar-refractivity contribution in [2.45, 2.75) is 116 Å². The summed E-state index contributed by atoms with van der Waals surface area (Å²) in [7, 11) is 0. The normalized spacial score (nSPS) is 11.9. The molecular formula is C26H41FO3. The first-order chi connectivity index (χ1) is 14.6. The molecule has 1 aromatic carbocycles. The molecule has 0 aliphatic heterocycles. The molecule has 1 unspecified atom stereocenters. The molecule has 30 heavy (non-hydrogen) atoms. The van der Waals surface area contributed by atoms with E-state index in [9.17, 15) is 14.0 Å². The predicted octanol–water partition coefficient (Wildman–Crippen LogP) is 7.51. The highest BCUT2D eigenvalue weighted by atomic mass is 19.1. The molecule has 1 aromatic rings. The van der Waals surface area contributed by atoms with Crippen molar-refractivity contribution in [2.75, 3.05) is 0 Å².